The lowest BCUT2D eigenvalue weighted by Crippen LogP contribution is -2.41. The number of ether oxygens (including phenoxy) is 2. The number of halogens is 1. The number of guanidine groups is 1. The molecule has 0 spiro atoms. The molecule has 5 nitrogen and oxygen atoms in total. The van der Waals surface area contributed by atoms with Crippen LogP contribution < -0.4 is 20.1 Å². The number of hydrogen-bond donors (Lipinski definition) is 2. The van der Waals surface area contributed by atoms with Gasteiger partial charge in [-0.2, -0.15) is 0 Å². The Balaban J connectivity index is 0.00000312. The van der Waals surface area contributed by atoms with Crippen molar-refractivity contribution in [1.82, 2.24) is 10.6 Å². The van der Waals surface area contributed by atoms with Crippen molar-refractivity contribution in [2.24, 2.45) is 4.99 Å². The highest BCUT2D eigenvalue weighted by atomic mass is 127. The summed E-state index contributed by atoms with van der Waals surface area (Å²) in [6, 6.07) is 11.8. The van der Waals surface area contributed by atoms with Gasteiger partial charge in [0, 0.05) is 11.4 Å². The summed E-state index contributed by atoms with van der Waals surface area (Å²) >= 11 is 1.71. The number of rotatable bonds is 8. The first-order chi connectivity index (χ1) is 11.7. The molecule has 0 aliphatic rings. The van der Waals surface area contributed by atoms with Crippen molar-refractivity contribution in [1.29, 1.82) is 0 Å². The summed E-state index contributed by atoms with van der Waals surface area (Å²) in [5.41, 5.74) is 0. The van der Waals surface area contributed by atoms with Crippen LogP contribution in [-0.4, -0.2) is 32.3 Å². The van der Waals surface area contributed by atoms with Crippen molar-refractivity contribution >= 4 is 41.3 Å². The minimum absolute atomic E-state index is 0. The van der Waals surface area contributed by atoms with Crippen LogP contribution in [0.4, 0.5) is 0 Å². The van der Waals surface area contributed by atoms with E-state index in [1.807, 2.05) is 37.3 Å². The molecule has 7 heteroatoms. The Kier molecular flexibility index (Phi) is 10.3. The van der Waals surface area contributed by atoms with Crippen LogP contribution in [0.3, 0.4) is 0 Å². The molecule has 2 N–H and O–H groups in total. The van der Waals surface area contributed by atoms with Gasteiger partial charge in [0.25, 0.3) is 0 Å². The molecule has 0 bridgehead atoms. The van der Waals surface area contributed by atoms with Crippen LogP contribution >= 0.6 is 35.3 Å². The zero-order valence-electron chi connectivity index (χ0n) is 14.8. The normalized spacial score (nSPS) is 12.0. The second-order valence-corrected chi connectivity index (χ2v) is 6.27. The maximum Gasteiger partial charge on any atom is 0.191 e. The minimum Gasteiger partial charge on any atom is -0.493 e. The van der Waals surface area contributed by atoms with Gasteiger partial charge in [0.05, 0.1) is 20.2 Å². The average molecular weight is 475 g/mol. The lowest BCUT2D eigenvalue weighted by molar-refractivity contribution is 0.213. The lowest BCUT2D eigenvalue weighted by Gasteiger charge is -2.19. The fourth-order valence-corrected chi connectivity index (χ4v) is 2.74. The summed E-state index contributed by atoms with van der Waals surface area (Å²) in [6.45, 7) is 6.21. The lowest BCUT2D eigenvalue weighted by atomic mass is 10.3. The van der Waals surface area contributed by atoms with E-state index in [4.69, 9.17) is 9.47 Å². The summed E-state index contributed by atoms with van der Waals surface area (Å²) < 4.78 is 11.3. The van der Waals surface area contributed by atoms with Gasteiger partial charge in [0.15, 0.2) is 17.5 Å². The number of para-hydroxylation sites is 2. The number of methoxy groups -OCH3 is 1. The molecule has 1 aromatic carbocycles. The molecule has 1 unspecified atom stereocenters. The monoisotopic (exact) mass is 475 g/mol. The Morgan fingerprint density at radius 1 is 1.16 bits per heavy atom. The standard InChI is InChI=1S/C18H25N3O2S.HI/c1-4-19-18(21-13-15-8-7-11-24-15)20-12-14(2)23-17-10-6-5-9-16(17)22-3;/h5-11,14H,4,12-13H2,1-3H3,(H2,19,20,21);1H. The number of thiophene rings is 1. The molecule has 0 aliphatic carbocycles. The number of hydrogen-bond acceptors (Lipinski definition) is 4. The zero-order valence-corrected chi connectivity index (χ0v) is 18.0. The highest BCUT2D eigenvalue weighted by Crippen LogP contribution is 2.26. The molecule has 1 atom stereocenters. The smallest absolute Gasteiger partial charge is 0.191 e. The van der Waals surface area contributed by atoms with E-state index in [0.717, 1.165) is 24.0 Å². The molecule has 0 radical (unpaired) electrons. The Morgan fingerprint density at radius 3 is 2.56 bits per heavy atom. The molecule has 1 aromatic heterocycles. The minimum atomic E-state index is -0.0214. The Morgan fingerprint density at radius 2 is 1.92 bits per heavy atom. The molecule has 2 aromatic rings. The van der Waals surface area contributed by atoms with Crippen LogP contribution in [0.25, 0.3) is 0 Å². The second-order valence-electron chi connectivity index (χ2n) is 5.23. The highest BCUT2D eigenvalue weighted by Gasteiger charge is 2.09. The van der Waals surface area contributed by atoms with Crippen LogP contribution in [0.1, 0.15) is 18.7 Å². The largest absolute Gasteiger partial charge is 0.493 e. The molecule has 1 heterocycles. The predicted octanol–water partition coefficient (Wildman–Crippen LogP) is 3.90. The Labute approximate surface area is 170 Å². The molecule has 0 aliphatic heterocycles. The second kappa shape index (κ2) is 12.0. The molecule has 25 heavy (non-hydrogen) atoms. The van der Waals surface area contributed by atoms with Crippen molar-refractivity contribution < 1.29 is 9.47 Å². The van der Waals surface area contributed by atoms with E-state index in [9.17, 15) is 0 Å². The van der Waals surface area contributed by atoms with Crippen molar-refractivity contribution in [3.8, 4) is 11.5 Å². The molecule has 0 fully saturated rings. The van der Waals surface area contributed by atoms with Crippen LogP contribution in [0.5, 0.6) is 11.5 Å². The fourth-order valence-electron chi connectivity index (χ4n) is 2.12. The van der Waals surface area contributed by atoms with E-state index in [1.165, 1.54) is 4.88 Å². The van der Waals surface area contributed by atoms with E-state index < -0.39 is 0 Å². The molecule has 138 valence electrons. The van der Waals surface area contributed by atoms with Crippen molar-refractivity contribution in [2.45, 2.75) is 26.5 Å². The van der Waals surface area contributed by atoms with Gasteiger partial charge < -0.3 is 20.1 Å². The van der Waals surface area contributed by atoms with Gasteiger partial charge >= 0.3 is 0 Å². The quantitative estimate of drug-likeness (QED) is 0.346. The SMILES string of the molecule is CCNC(=NCc1cccs1)NCC(C)Oc1ccccc1OC.I. The van der Waals surface area contributed by atoms with E-state index in [0.29, 0.717) is 13.1 Å². The summed E-state index contributed by atoms with van der Waals surface area (Å²) in [6.07, 6.45) is -0.0214. The number of benzene rings is 1. The fraction of sp³-hybridized carbons (Fsp3) is 0.389. The molecular weight excluding hydrogens is 449 g/mol. The van der Waals surface area contributed by atoms with E-state index in [-0.39, 0.29) is 30.1 Å². The van der Waals surface area contributed by atoms with Gasteiger partial charge in [-0.1, -0.05) is 18.2 Å². The van der Waals surface area contributed by atoms with Gasteiger partial charge in [-0.05, 0) is 37.4 Å². The first-order valence-corrected chi connectivity index (χ1v) is 8.95. The maximum absolute atomic E-state index is 5.95. The predicted molar refractivity (Wildman–Crippen MR) is 116 cm³/mol. The Bertz CT molecular complexity index is 635. The van der Waals surface area contributed by atoms with Crippen LogP contribution in [0.15, 0.2) is 46.8 Å². The summed E-state index contributed by atoms with van der Waals surface area (Å²) in [5.74, 6) is 2.28. The number of nitrogens with one attached hydrogen (secondary N) is 2. The van der Waals surface area contributed by atoms with Gasteiger partial charge in [0.1, 0.15) is 6.10 Å². The van der Waals surface area contributed by atoms with E-state index >= 15 is 0 Å². The van der Waals surface area contributed by atoms with E-state index in [1.54, 1.807) is 18.4 Å². The summed E-state index contributed by atoms with van der Waals surface area (Å²) in [7, 11) is 1.64. The average Bonchev–Trinajstić information content (AvgIpc) is 3.11. The van der Waals surface area contributed by atoms with Crippen molar-refractivity contribution in [3.05, 3.63) is 46.7 Å². The molecule has 0 saturated carbocycles. The van der Waals surface area contributed by atoms with Crippen molar-refractivity contribution in [2.75, 3.05) is 20.2 Å². The maximum atomic E-state index is 5.95. The first kappa shape index (κ1) is 21.6. The van der Waals surface area contributed by atoms with Crippen molar-refractivity contribution in [3.63, 3.8) is 0 Å². The van der Waals surface area contributed by atoms with Gasteiger partial charge in [0.2, 0.25) is 0 Å². The molecule has 0 saturated heterocycles. The van der Waals surface area contributed by atoms with Gasteiger partial charge in [-0.25, -0.2) is 4.99 Å². The molecule has 0 amide bonds. The third kappa shape index (κ3) is 7.52. The summed E-state index contributed by atoms with van der Waals surface area (Å²) in [4.78, 5) is 5.83. The molecule has 2 rings (SSSR count). The Hall–Kier alpha value is -1.48. The highest BCUT2D eigenvalue weighted by molar-refractivity contribution is 14.0. The van der Waals surface area contributed by atoms with Crippen LogP contribution in [0, 0.1) is 0 Å². The summed E-state index contributed by atoms with van der Waals surface area (Å²) in [5, 5.41) is 8.63. The van der Waals surface area contributed by atoms with Gasteiger partial charge in [-0.15, -0.1) is 35.3 Å². The molecular formula is C18H26IN3O2S. The third-order valence-electron chi connectivity index (χ3n) is 3.27. The van der Waals surface area contributed by atoms with Crippen LogP contribution in [0.2, 0.25) is 0 Å². The topological polar surface area (TPSA) is 54.9 Å². The third-order valence-corrected chi connectivity index (χ3v) is 4.13. The first-order valence-electron chi connectivity index (χ1n) is 8.07. The van der Waals surface area contributed by atoms with Gasteiger partial charge in [-0.3, -0.25) is 0 Å². The number of nitrogens with zero attached hydrogens (tertiary/aromatic N) is 1. The number of aliphatic imine (C=N–C) groups is 1. The zero-order chi connectivity index (χ0) is 17.2. The van der Waals surface area contributed by atoms with E-state index in [2.05, 4.69) is 34.0 Å². The van der Waals surface area contributed by atoms with Crippen LogP contribution in [-0.2, 0) is 6.54 Å².